The topological polar surface area (TPSA) is 78.1 Å². The molecular weight excluding hydrogens is 324 g/mol. The van der Waals surface area contributed by atoms with Crippen molar-refractivity contribution in [2.24, 2.45) is 0 Å². The van der Waals surface area contributed by atoms with Gasteiger partial charge in [-0.3, -0.25) is 0 Å². The van der Waals surface area contributed by atoms with Gasteiger partial charge in [-0.1, -0.05) is 0 Å². The van der Waals surface area contributed by atoms with Crippen molar-refractivity contribution in [1.82, 2.24) is 5.32 Å². The molecule has 25 heavy (non-hydrogen) atoms. The maximum atomic E-state index is 11.8. The van der Waals surface area contributed by atoms with Crippen LogP contribution >= 0.6 is 0 Å². The fourth-order valence-electron chi connectivity index (χ4n) is 2.73. The van der Waals surface area contributed by atoms with Gasteiger partial charge in [0.15, 0.2) is 11.5 Å². The first-order valence-electron chi connectivity index (χ1n) is 8.31. The summed E-state index contributed by atoms with van der Waals surface area (Å²) in [6.07, 6.45) is 1.29. The molecular formula is C18H28N2O5. The van der Waals surface area contributed by atoms with Gasteiger partial charge >= 0.3 is 6.09 Å². The van der Waals surface area contributed by atoms with Crippen molar-refractivity contribution >= 4 is 11.8 Å². The maximum absolute atomic E-state index is 11.8. The highest BCUT2D eigenvalue weighted by Crippen LogP contribution is 2.40. The normalized spacial score (nSPS) is 19.4. The highest BCUT2D eigenvalue weighted by Gasteiger charge is 2.32. The quantitative estimate of drug-likeness (QED) is 0.819. The number of hydrogen-bond donors (Lipinski definition) is 2. The summed E-state index contributed by atoms with van der Waals surface area (Å²) >= 11 is 0. The van der Waals surface area contributed by atoms with Gasteiger partial charge in [0.1, 0.15) is 5.60 Å². The smallest absolute Gasteiger partial charge is 0.407 e. The van der Waals surface area contributed by atoms with E-state index < -0.39 is 5.60 Å². The van der Waals surface area contributed by atoms with Crippen molar-refractivity contribution in [1.29, 1.82) is 0 Å². The molecule has 1 aliphatic rings. The zero-order valence-electron chi connectivity index (χ0n) is 15.8. The second-order valence-corrected chi connectivity index (χ2v) is 7.07. The van der Waals surface area contributed by atoms with Crippen molar-refractivity contribution < 1.29 is 23.7 Å². The van der Waals surface area contributed by atoms with Crippen LogP contribution in [0.25, 0.3) is 0 Å². The number of benzene rings is 1. The minimum absolute atomic E-state index is 0.120. The monoisotopic (exact) mass is 352 g/mol. The molecule has 1 saturated carbocycles. The Morgan fingerprint density at radius 1 is 1.00 bits per heavy atom. The largest absolute Gasteiger partial charge is 0.493 e. The number of amides is 1. The third-order valence-corrected chi connectivity index (χ3v) is 3.89. The molecule has 1 amide bonds. The zero-order valence-corrected chi connectivity index (χ0v) is 15.8. The van der Waals surface area contributed by atoms with Crippen LogP contribution in [0.2, 0.25) is 0 Å². The van der Waals surface area contributed by atoms with E-state index in [0.29, 0.717) is 17.2 Å². The number of hydrogen-bond acceptors (Lipinski definition) is 6. The minimum atomic E-state index is -0.484. The van der Waals surface area contributed by atoms with E-state index in [9.17, 15) is 4.79 Å². The van der Waals surface area contributed by atoms with E-state index in [4.69, 9.17) is 18.9 Å². The van der Waals surface area contributed by atoms with Gasteiger partial charge in [0, 0.05) is 29.9 Å². The van der Waals surface area contributed by atoms with Gasteiger partial charge in [0.2, 0.25) is 5.75 Å². The molecule has 0 spiro atoms. The predicted molar refractivity (Wildman–Crippen MR) is 95.9 cm³/mol. The predicted octanol–water partition coefficient (Wildman–Crippen LogP) is 3.18. The SMILES string of the molecule is COc1cc(NC2CC(NC(=O)OC(C)(C)C)C2)cc(OC)c1OC. The molecule has 1 aromatic rings. The first kappa shape index (κ1) is 19.0. The molecule has 0 atom stereocenters. The Hall–Kier alpha value is -2.31. The van der Waals surface area contributed by atoms with Crippen molar-refractivity contribution in [3.63, 3.8) is 0 Å². The van der Waals surface area contributed by atoms with E-state index in [-0.39, 0.29) is 18.2 Å². The lowest BCUT2D eigenvalue weighted by molar-refractivity contribution is 0.0475. The van der Waals surface area contributed by atoms with Crippen LogP contribution in [0.1, 0.15) is 33.6 Å². The van der Waals surface area contributed by atoms with Crippen LogP contribution in [-0.4, -0.2) is 45.1 Å². The highest BCUT2D eigenvalue weighted by molar-refractivity contribution is 5.68. The lowest BCUT2D eigenvalue weighted by atomic mass is 9.86. The van der Waals surface area contributed by atoms with Crippen LogP contribution < -0.4 is 24.8 Å². The minimum Gasteiger partial charge on any atom is -0.493 e. The van der Waals surface area contributed by atoms with Gasteiger partial charge in [-0.25, -0.2) is 4.79 Å². The van der Waals surface area contributed by atoms with E-state index in [1.165, 1.54) is 0 Å². The van der Waals surface area contributed by atoms with E-state index in [1.807, 2.05) is 32.9 Å². The Labute approximate surface area is 149 Å². The summed E-state index contributed by atoms with van der Waals surface area (Å²) in [4.78, 5) is 11.8. The van der Waals surface area contributed by atoms with Crippen LogP contribution in [0.3, 0.4) is 0 Å². The maximum Gasteiger partial charge on any atom is 0.407 e. The molecule has 0 aliphatic heterocycles. The standard InChI is InChI=1S/C18H28N2O5/c1-18(2,3)25-17(21)20-12-7-11(8-12)19-13-9-14(22-4)16(24-6)15(10-13)23-5/h9-12,19H,7-8H2,1-6H3,(H,20,21). The molecule has 1 aromatic carbocycles. The van der Waals surface area contributed by atoms with E-state index in [2.05, 4.69) is 10.6 Å². The fourth-order valence-corrected chi connectivity index (χ4v) is 2.73. The molecule has 0 aromatic heterocycles. The Morgan fingerprint density at radius 3 is 2.00 bits per heavy atom. The number of rotatable bonds is 6. The Balaban J connectivity index is 1.90. The van der Waals surface area contributed by atoms with Gasteiger partial charge in [-0.15, -0.1) is 0 Å². The van der Waals surface area contributed by atoms with Gasteiger partial charge in [-0.2, -0.15) is 0 Å². The van der Waals surface area contributed by atoms with E-state index in [1.54, 1.807) is 21.3 Å². The summed E-state index contributed by atoms with van der Waals surface area (Å²) in [5.41, 5.74) is 0.400. The van der Waals surface area contributed by atoms with Crippen molar-refractivity contribution in [2.45, 2.75) is 51.3 Å². The molecule has 0 heterocycles. The van der Waals surface area contributed by atoms with Crippen molar-refractivity contribution in [3.05, 3.63) is 12.1 Å². The molecule has 1 aliphatic carbocycles. The number of nitrogens with one attached hydrogen (secondary N) is 2. The molecule has 2 N–H and O–H groups in total. The molecule has 0 radical (unpaired) electrons. The second-order valence-electron chi connectivity index (χ2n) is 7.07. The van der Waals surface area contributed by atoms with Crippen LogP contribution in [0.15, 0.2) is 12.1 Å². The molecule has 0 unspecified atom stereocenters. The van der Waals surface area contributed by atoms with Gasteiger partial charge in [-0.05, 0) is 33.6 Å². The molecule has 140 valence electrons. The Kier molecular flexibility index (Phi) is 5.87. The summed E-state index contributed by atoms with van der Waals surface area (Å²) in [6, 6.07) is 4.13. The fraction of sp³-hybridized carbons (Fsp3) is 0.611. The van der Waals surface area contributed by atoms with E-state index in [0.717, 1.165) is 18.5 Å². The number of anilines is 1. The number of ether oxygens (including phenoxy) is 4. The number of carbonyl (C=O) groups is 1. The highest BCUT2D eigenvalue weighted by atomic mass is 16.6. The Morgan fingerprint density at radius 2 is 1.56 bits per heavy atom. The number of alkyl carbamates (subject to hydrolysis) is 1. The van der Waals surface area contributed by atoms with E-state index >= 15 is 0 Å². The Bertz CT molecular complexity index is 581. The van der Waals surface area contributed by atoms with Gasteiger partial charge in [0.25, 0.3) is 0 Å². The molecule has 0 saturated heterocycles. The first-order valence-corrected chi connectivity index (χ1v) is 8.31. The average Bonchev–Trinajstić information content (AvgIpc) is 2.49. The third kappa shape index (κ3) is 5.08. The third-order valence-electron chi connectivity index (χ3n) is 3.89. The molecule has 7 nitrogen and oxygen atoms in total. The second kappa shape index (κ2) is 7.72. The summed E-state index contributed by atoms with van der Waals surface area (Å²) in [5.74, 6) is 1.77. The lowest BCUT2D eigenvalue weighted by Gasteiger charge is -2.37. The van der Waals surface area contributed by atoms with Crippen LogP contribution in [0.5, 0.6) is 17.2 Å². The van der Waals surface area contributed by atoms with Crippen LogP contribution in [-0.2, 0) is 4.74 Å². The summed E-state index contributed by atoms with van der Waals surface area (Å²) in [7, 11) is 4.75. The average molecular weight is 352 g/mol. The van der Waals surface area contributed by atoms with Gasteiger partial charge < -0.3 is 29.6 Å². The summed E-state index contributed by atoms with van der Waals surface area (Å²) < 4.78 is 21.3. The van der Waals surface area contributed by atoms with Crippen LogP contribution in [0.4, 0.5) is 10.5 Å². The van der Waals surface area contributed by atoms with Gasteiger partial charge in [0.05, 0.1) is 21.3 Å². The molecule has 1 fully saturated rings. The lowest BCUT2D eigenvalue weighted by Crippen LogP contribution is -2.50. The molecule has 2 rings (SSSR count). The first-order chi connectivity index (χ1) is 11.8. The number of carbonyl (C=O) groups excluding carboxylic acids is 1. The van der Waals surface area contributed by atoms with Crippen LogP contribution in [0, 0.1) is 0 Å². The van der Waals surface area contributed by atoms with Crippen molar-refractivity contribution in [2.75, 3.05) is 26.6 Å². The molecule has 0 bridgehead atoms. The summed E-state index contributed by atoms with van der Waals surface area (Å²) in [5, 5.41) is 6.30. The van der Waals surface area contributed by atoms with Crippen molar-refractivity contribution in [3.8, 4) is 17.2 Å². The summed E-state index contributed by atoms with van der Waals surface area (Å²) in [6.45, 7) is 5.55. The zero-order chi connectivity index (χ0) is 18.6. The molecule has 7 heteroatoms. The number of methoxy groups -OCH3 is 3.